The number of carbonyl (C=O) groups is 1. The number of hydrogen-bond acceptors (Lipinski definition) is 4. The smallest absolute Gasteiger partial charge is 0.309 e. The van der Waals surface area contributed by atoms with Gasteiger partial charge in [-0.15, -0.1) is 0 Å². The highest BCUT2D eigenvalue weighted by Gasteiger charge is 2.63. The molecule has 3 heterocycles. The second-order valence-corrected chi connectivity index (χ2v) is 4.26. The first-order valence-corrected chi connectivity index (χ1v) is 4.66. The molecular weight excluding hydrogens is 172 g/mol. The van der Waals surface area contributed by atoms with Crippen molar-refractivity contribution in [2.24, 2.45) is 0 Å². The zero-order chi connectivity index (χ0) is 9.10. The molecule has 13 heavy (non-hydrogen) atoms. The maximum atomic E-state index is 11.1. The van der Waals surface area contributed by atoms with E-state index in [1.807, 2.05) is 6.92 Å². The summed E-state index contributed by atoms with van der Waals surface area (Å²) >= 11 is 0. The molecule has 3 fully saturated rings. The Labute approximate surface area is 76.1 Å². The molecule has 3 rings (SSSR count). The highest BCUT2D eigenvalue weighted by atomic mass is 16.7. The maximum Gasteiger partial charge on any atom is 0.309 e. The average Bonchev–Trinajstić information content (AvgIpc) is 2.33. The Morgan fingerprint density at radius 2 is 2.38 bits per heavy atom. The van der Waals surface area contributed by atoms with E-state index in [9.17, 15) is 4.79 Å². The van der Waals surface area contributed by atoms with Gasteiger partial charge in [0.15, 0.2) is 5.79 Å². The molecule has 1 unspecified atom stereocenters. The third-order valence-corrected chi connectivity index (χ3v) is 3.21. The minimum atomic E-state index is -0.510. The fourth-order valence-electron chi connectivity index (χ4n) is 2.63. The number of carbonyl (C=O) groups excluding carboxylic acids is 1. The first kappa shape index (κ1) is 7.76. The van der Waals surface area contributed by atoms with Gasteiger partial charge in [-0.05, 0) is 6.92 Å². The molecule has 4 nitrogen and oxygen atoms in total. The van der Waals surface area contributed by atoms with Crippen LogP contribution >= 0.6 is 0 Å². The summed E-state index contributed by atoms with van der Waals surface area (Å²) in [5.74, 6) is -0.641. The van der Waals surface area contributed by atoms with Gasteiger partial charge in [0, 0.05) is 12.8 Å². The molecule has 0 aliphatic carbocycles. The van der Waals surface area contributed by atoms with Crippen molar-refractivity contribution >= 4 is 5.97 Å². The molecule has 2 bridgehead atoms. The molecule has 0 radical (unpaired) electrons. The molecule has 0 saturated carbocycles. The summed E-state index contributed by atoms with van der Waals surface area (Å²) in [5, 5.41) is 0. The van der Waals surface area contributed by atoms with Crippen molar-refractivity contribution in [1.82, 2.24) is 0 Å². The van der Waals surface area contributed by atoms with E-state index in [1.54, 1.807) is 0 Å². The lowest BCUT2D eigenvalue weighted by Crippen LogP contribution is -2.43. The van der Waals surface area contributed by atoms with Crippen LogP contribution < -0.4 is 0 Å². The molecule has 72 valence electrons. The predicted octanol–water partition coefficient (Wildman–Crippen LogP) is 0.598. The van der Waals surface area contributed by atoms with Crippen LogP contribution in [-0.4, -0.2) is 30.1 Å². The lowest BCUT2D eigenvalue weighted by atomic mass is 9.92. The van der Waals surface area contributed by atoms with Crippen LogP contribution in [0.1, 0.15) is 26.2 Å². The second kappa shape index (κ2) is 2.07. The van der Waals surface area contributed by atoms with Gasteiger partial charge in [0.2, 0.25) is 0 Å². The van der Waals surface area contributed by atoms with E-state index in [0.29, 0.717) is 19.4 Å². The fraction of sp³-hybridized carbons (Fsp3) is 0.889. The molecule has 0 aromatic heterocycles. The van der Waals surface area contributed by atoms with Crippen LogP contribution in [0.3, 0.4) is 0 Å². The lowest BCUT2D eigenvalue weighted by molar-refractivity contribution is -0.278. The first-order valence-electron chi connectivity index (χ1n) is 4.66. The molecule has 3 saturated heterocycles. The summed E-state index contributed by atoms with van der Waals surface area (Å²) in [6.07, 6.45) is 1.78. The third kappa shape index (κ3) is 0.901. The quantitative estimate of drug-likeness (QED) is 0.517. The number of hydrogen-bond donors (Lipinski definition) is 0. The summed E-state index contributed by atoms with van der Waals surface area (Å²) in [6.45, 7) is 2.59. The molecule has 0 amide bonds. The van der Waals surface area contributed by atoms with Gasteiger partial charge in [0.1, 0.15) is 11.7 Å². The van der Waals surface area contributed by atoms with Gasteiger partial charge in [0.05, 0.1) is 13.0 Å². The summed E-state index contributed by atoms with van der Waals surface area (Å²) < 4.78 is 16.5. The fourth-order valence-corrected chi connectivity index (χ4v) is 2.63. The normalized spacial score (nSPS) is 53.3. The van der Waals surface area contributed by atoms with Crippen molar-refractivity contribution in [2.45, 2.75) is 43.7 Å². The monoisotopic (exact) mass is 184 g/mol. The Kier molecular flexibility index (Phi) is 1.23. The molecule has 1 spiro atoms. The standard InChI is InChI=1S/C9H12O4/c1-8-4-6-9(13-8,2-3-11-8)5-7(10)12-6/h6H,2-5H2,1H3/t6?,8-,9+/m0/s1. The van der Waals surface area contributed by atoms with Crippen molar-refractivity contribution in [3.63, 3.8) is 0 Å². The molecule has 3 atom stereocenters. The average molecular weight is 184 g/mol. The van der Waals surface area contributed by atoms with Crippen molar-refractivity contribution in [2.75, 3.05) is 6.61 Å². The van der Waals surface area contributed by atoms with Gasteiger partial charge in [0.25, 0.3) is 0 Å². The SMILES string of the molecule is C[C@]12CC3OC(=O)C[C@@]3(CCO1)O2. The van der Waals surface area contributed by atoms with Crippen LogP contribution in [-0.2, 0) is 19.0 Å². The van der Waals surface area contributed by atoms with Gasteiger partial charge in [-0.25, -0.2) is 0 Å². The second-order valence-electron chi connectivity index (χ2n) is 4.26. The number of rotatable bonds is 0. The predicted molar refractivity (Wildman–Crippen MR) is 41.9 cm³/mol. The Morgan fingerprint density at radius 3 is 3.23 bits per heavy atom. The van der Waals surface area contributed by atoms with Crippen molar-refractivity contribution in [1.29, 1.82) is 0 Å². The number of esters is 1. The van der Waals surface area contributed by atoms with Gasteiger partial charge in [-0.2, -0.15) is 0 Å². The maximum absolute atomic E-state index is 11.1. The van der Waals surface area contributed by atoms with E-state index in [2.05, 4.69) is 0 Å². The van der Waals surface area contributed by atoms with E-state index < -0.39 is 5.79 Å². The summed E-state index contributed by atoms with van der Waals surface area (Å²) in [6, 6.07) is 0. The molecule has 3 aliphatic heterocycles. The summed E-state index contributed by atoms with van der Waals surface area (Å²) in [5.41, 5.74) is -0.357. The molecule has 0 N–H and O–H groups in total. The molecule has 4 heteroatoms. The van der Waals surface area contributed by atoms with Crippen LogP contribution in [0.2, 0.25) is 0 Å². The highest BCUT2D eigenvalue weighted by Crippen LogP contribution is 2.51. The first-order chi connectivity index (χ1) is 6.12. The van der Waals surface area contributed by atoms with Crippen molar-refractivity contribution in [3.8, 4) is 0 Å². The Morgan fingerprint density at radius 1 is 1.54 bits per heavy atom. The Balaban J connectivity index is 1.97. The van der Waals surface area contributed by atoms with Gasteiger partial charge in [-0.3, -0.25) is 4.79 Å². The lowest BCUT2D eigenvalue weighted by Gasteiger charge is -2.35. The summed E-state index contributed by atoms with van der Waals surface area (Å²) in [7, 11) is 0. The van der Waals surface area contributed by atoms with Crippen molar-refractivity contribution < 1.29 is 19.0 Å². The van der Waals surface area contributed by atoms with Crippen LogP contribution in [0.5, 0.6) is 0 Å². The van der Waals surface area contributed by atoms with Crippen molar-refractivity contribution in [3.05, 3.63) is 0 Å². The van der Waals surface area contributed by atoms with E-state index in [4.69, 9.17) is 14.2 Å². The zero-order valence-corrected chi connectivity index (χ0v) is 7.54. The van der Waals surface area contributed by atoms with Gasteiger partial charge < -0.3 is 14.2 Å². The third-order valence-electron chi connectivity index (χ3n) is 3.21. The highest BCUT2D eigenvalue weighted by molar-refractivity contribution is 5.74. The Hall–Kier alpha value is -0.610. The van der Waals surface area contributed by atoms with E-state index in [0.717, 1.165) is 6.42 Å². The minimum absolute atomic E-state index is 0.0764. The largest absolute Gasteiger partial charge is 0.459 e. The topological polar surface area (TPSA) is 44.8 Å². The van der Waals surface area contributed by atoms with Crippen LogP contribution in [0.4, 0.5) is 0 Å². The van der Waals surface area contributed by atoms with Crippen LogP contribution in [0.25, 0.3) is 0 Å². The van der Waals surface area contributed by atoms with Gasteiger partial charge >= 0.3 is 5.97 Å². The molecular formula is C9H12O4. The molecule has 0 aromatic rings. The van der Waals surface area contributed by atoms with E-state index >= 15 is 0 Å². The minimum Gasteiger partial charge on any atom is -0.459 e. The van der Waals surface area contributed by atoms with E-state index in [-0.39, 0.29) is 17.7 Å². The number of fused-ring (bicyclic) bond motifs is 1. The van der Waals surface area contributed by atoms with Crippen LogP contribution in [0, 0.1) is 0 Å². The van der Waals surface area contributed by atoms with Gasteiger partial charge in [-0.1, -0.05) is 0 Å². The number of ether oxygens (including phenoxy) is 3. The summed E-state index contributed by atoms with van der Waals surface area (Å²) in [4.78, 5) is 11.1. The Bertz CT molecular complexity index is 277. The van der Waals surface area contributed by atoms with E-state index in [1.165, 1.54) is 0 Å². The van der Waals surface area contributed by atoms with Crippen LogP contribution in [0.15, 0.2) is 0 Å². The zero-order valence-electron chi connectivity index (χ0n) is 7.54. The molecule has 0 aromatic carbocycles. The molecule has 3 aliphatic rings.